The second kappa shape index (κ2) is 6.18. The van der Waals surface area contributed by atoms with Gasteiger partial charge >= 0.3 is 0 Å². The van der Waals surface area contributed by atoms with Crippen molar-refractivity contribution in [3.63, 3.8) is 0 Å². The van der Waals surface area contributed by atoms with Crippen LogP contribution in [0.4, 0.5) is 21.5 Å². The molecule has 0 aliphatic rings. The van der Waals surface area contributed by atoms with Crippen molar-refractivity contribution in [2.24, 2.45) is 0 Å². The Morgan fingerprint density at radius 2 is 2.09 bits per heavy atom. The Kier molecular flexibility index (Phi) is 4.24. The van der Waals surface area contributed by atoms with Crippen LogP contribution in [0.15, 0.2) is 36.5 Å². The number of halogens is 3. The predicted molar refractivity (Wildman–Crippen MR) is 98.3 cm³/mol. The van der Waals surface area contributed by atoms with E-state index in [1.54, 1.807) is 18.2 Å². The van der Waals surface area contributed by atoms with Crippen LogP contribution < -0.4 is 11.1 Å². The lowest BCUT2D eigenvalue weighted by atomic mass is 10.1. The van der Waals surface area contributed by atoms with Crippen LogP contribution in [0.2, 0.25) is 5.02 Å². The van der Waals surface area contributed by atoms with Crippen molar-refractivity contribution >= 4 is 62.2 Å². The third kappa shape index (κ3) is 3.02. The van der Waals surface area contributed by atoms with Gasteiger partial charge in [0.2, 0.25) is 0 Å². The number of fused-ring (bicyclic) bond motifs is 1. The lowest BCUT2D eigenvalue weighted by Gasteiger charge is -2.13. The quantitative estimate of drug-likeness (QED) is 0.444. The standard InChI is InChI=1S/C16H9ClFIN4/c17-12-5-10(1-2-13(12)18)23-15-8(6-20)7-22-16-11(15)3-9(21)4-14(16)19/h1-5,7H,21H2,(H,22,23). The Morgan fingerprint density at radius 1 is 1.30 bits per heavy atom. The SMILES string of the molecule is N#Cc1cnc2c(I)cc(N)cc2c1Nc1ccc(F)c(Cl)c1. The highest BCUT2D eigenvalue weighted by molar-refractivity contribution is 14.1. The number of benzene rings is 2. The van der Waals surface area contributed by atoms with E-state index in [1.807, 2.05) is 0 Å². The normalized spacial score (nSPS) is 10.5. The summed E-state index contributed by atoms with van der Waals surface area (Å²) in [4.78, 5) is 4.31. The molecule has 0 saturated carbocycles. The summed E-state index contributed by atoms with van der Waals surface area (Å²) in [6.45, 7) is 0. The molecule has 1 heterocycles. The highest BCUT2D eigenvalue weighted by Gasteiger charge is 2.13. The zero-order valence-electron chi connectivity index (χ0n) is 11.6. The van der Waals surface area contributed by atoms with Gasteiger partial charge in [0.25, 0.3) is 0 Å². The molecule has 0 aliphatic heterocycles. The first kappa shape index (κ1) is 15.8. The highest BCUT2D eigenvalue weighted by atomic mass is 127. The van der Waals surface area contributed by atoms with Gasteiger partial charge < -0.3 is 11.1 Å². The number of nitrogens with two attached hydrogens (primary N) is 1. The average molecular weight is 439 g/mol. The molecule has 0 bridgehead atoms. The van der Waals surface area contributed by atoms with E-state index in [1.165, 1.54) is 18.3 Å². The molecule has 0 saturated heterocycles. The molecule has 2 aromatic carbocycles. The van der Waals surface area contributed by atoms with Crippen molar-refractivity contribution in [3.8, 4) is 6.07 Å². The van der Waals surface area contributed by atoms with Gasteiger partial charge in [0.1, 0.15) is 11.9 Å². The molecule has 0 spiro atoms. The first-order valence-electron chi connectivity index (χ1n) is 6.49. The van der Waals surface area contributed by atoms with Crippen molar-refractivity contribution < 1.29 is 4.39 Å². The summed E-state index contributed by atoms with van der Waals surface area (Å²) in [6.07, 6.45) is 1.49. The first-order valence-corrected chi connectivity index (χ1v) is 7.95. The minimum absolute atomic E-state index is 0.000892. The molecular formula is C16H9ClFIN4. The number of nitrogen functional groups attached to an aromatic ring is 1. The van der Waals surface area contributed by atoms with Gasteiger partial charge in [0.15, 0.2) is 0 Å². The second-order valence-electron chi connectivity index (χ2n) is 4.81. The molecule has 0 aliphatic carbocycles. The van der Waals surface area contributed by atoms with Crippen LogP contribution in [0.3, 0.4) is 0 Å². The Balaban J connectivity index is 2.22. The van der Waals surface area contributed by atoms with E-state index in [2.05, 4.69) is 39.0 Å². The van der Waals surface area contributed by atoms with Crippen LogP contribution in [0.25, 0.3) is 10.9 Å². The van der Waals surface area contributed by atoms with Crippen molar-refractivity contribution in [1.82, 2.24) is 4.98 Å². The smallest absolute Gasteiger partial charge is 0.141 e. The van der Waals surface area contributed by atoms with E-state index < -0.39 is 5.82 Å². The molecule has 0 amide bonds. The maximum Gasteiger partial charge on any atom is 0.141 e. The second-order valence-corrected chi connectivity index (χ2v) is 6.38. The summed E-state index contributed by atoms with van der Waals surface area (Å²) in [6, 6.07) is 9.92. The van der Waals surface area contributed by atoms with Gasteiger partial charge in [-0.2, -0.15) is 5.26 Å². The zero-order chi connectivity index (χ0) is 16.6. The van der Waals surface area contributed by atoms with Crippen molar-refractivity contribution in [2.75, 3.05) is 11.1 Å². The molecular weight excluding hydrogens is 430 g/mol. The summed E-state index contributed by atoms with van der Waals surface area (Å²) in [5, 5.41) is 13.2. The van der Waals surface area contributed by atoms with Gasteiger partial charge in [-0.3, -0.25) is 4.98 Å². The van der Waals surface area contributed by atoms with Crippen LogP contribution in [0, 0.1) is 20.7 Å². The van der Waals surface area contributed by atoms with Gasteiger partial charge in [-0.1, -0.05) is 11.6 Å². The Labute approximate surface area is 150 Å². The highest BCUT2D eigenvalue weighted by Crippen LogP contribution is 2.33. The lowest BCUT2D eigenvalue weighted by molar-refractivity contribution is 0.628. The van der Waals surface area contributed by atoms with Crippen LogP contribution in [-0.4, -0.2) is 4.98 Å². The topological polar surface area (TPSA) is 74.7 Å². The van der Waals surface area contributed by atoms with Crippen LogP contribution in [-0.2, 0) is 0 Å². The zero-order valence-corrected chi connectivity index (χ0v) is 14.5. The van der Waals surface area contributed by atoms with Crippen molar-refractivity contribution in [2.45, 2.75) is 0 Å². The lowest BCUT2D eigenvalue weighted by Crippen LogP contribution is -1.99. The number of pyridine rings is 1. The van der Waals surface area contributed by atoms with E-state index in [4.69, 9.17) is 17.3 Å². The van der Waals surface area contributed by atoms with E-state index >= 15 is 0 Å². The molecule has 3 rings (SSSR count). The van der Waals surface area contributed by atoms with Crippen LogP contribution in [0.1, 0.15) is 5.56 Å². The fraction of sp³-hybridized carbons (Fsp3) is 0. The number of aromatic nitrogens is 1. The summed E-state index contributed by atoms with van der Waals surface area (Å²) in [5.74, 6) is -0.504. The average Bonchev–Trinajstić information content (AvgIpc) is 2.51. The molecule has 4 nitrogen and oxygen atoms in total. The Hall–Kier alpha value is -2.11. The molecule has 23 heavy (non-hydrogen) atoms. The number of hydrogen-bond donors (Lipinski definition) is 2. The molecule has 3 N–H and O–H groups in total. The van der Waals surface area contributed by atoms with Gasteiger partial charge in [0, 0.05) is 26.5 Å². The number of rotatable bonds is 2. The molecule has 7 heteroatoms. The van der Waals surface area contributed by atoms with Gasteiger partial charge in [-0.15, -0.1) is 0 Å². The third-order valence-electron chi connectivity index (χ3n) is 3.26. The van der Waals surface area contributed by atoms with E-state index in [0.29, 0.717) is 28.0 Å². The summed E-state index contributed by atoms with van der Waals surface area (Å²) >= 11 is 7.95. The van der Waals surface area contributed by atoms with E-state index in [9.17, 15) is 9.65 Å². The number of hydrogen-bond acceptors (Lipinski definition) is 4. The monoisotopic (exact) mass is 438 g/mol. The van der Waals surface area contributed by atoms with Gasteiger partial charge in [-0.05, 0) is 52.9 Å². The molecule has 114 valence electrons. The number of nitriles is 1. The predicted octanol–water partition coefficient (Wildman–Crippen LogP) is 4.83. The Bertz CT molecular complexity index is 968. The molecule has 3 aromatic rings. The minimum atomic E-state index is -0.504. The molecule has 1 aromatic heterocycles. The largest absolute Gasteiger partial charge is 0.399 e. The maximum absolute atomic E-state index is 13.3. The van der Waals surface area contributed by atoms with Crippen molar-refractivity contribution in [3.05, 3.63) is 56.5 Å². The van der Waals surface area contributed by atoms with Crippen LogP contribution >= 0.6 is 34.2 Å². The van der Waals surface area contributed by atoms with E-state index in [0.717, 1.165) is 9.09 Å². The van der Waals surface area contributed by atoms with Crippen molar-refractivity contribution in [1.29, 1.82) is 5.26 Å². The number of nitrogens with one attached hydrogen (secondary N) is 1. The molecule has 0 atom stereocenters. The first-order chi connectivity index (χ1) is 11.0. The summed E-state index contributed by atoms with van der Waals surface area (Å²) in [7, 11) is 0. The third-order valence-corrected chi connectivity index (χ3v) is 4.37. The summed E-state index contributed by atoms with van der Waals surface area (Å²) in [5.41, 5.74) is 8.70. The van der Waals surface area contributed by atoms with E-state index in [-0.39, 0.29) is 5.02 Å². The maximum atomic E-state index is 13.3. The Morgan fingerprint density at radius 3 is 2.78 bits per heavy atom. The molecule has 0 fully saturated rings. The number of nitrogens with zero attached hydrogens (tertiary/aromatic N) is 2. The summed E-state index contributed by atoms with van der Waals surface area (Å²) < 4.78 is 14.2. The molecule has 0 radical (unpaired) electrons. The van der Waals surface area contributed by atoms with Crippen LogP contribution in [0.5, 0.6) is 0 Å². The minimum Gasteiger partial charge on any atom is -0.399 e. The fourth-order valence-electron chi connectivity index (χ4n) is 2.22. The number of anilines is 3. The van der Waals surface area contributed by atoms with Gasteiger partial charge in [0.05, 0.1) is 21.8 Å². The van der Waals surface area contributed by atoms with Gasteiger partial charge in [-0.25, -0.2) is 4.39 Å². The molecule has 0 unspecified atom stereocenters. The fourth-order valence-corrected chi connectivity index (χ4v) is 3.19.